The van der Waals surface area contributed by atoms with Crippen molar-refractivity contribution in [2.75, 3.05) is 0 Å². The zero-order valence-corrected chi connectivity index (χ0v) is 7.30. The van der Waals surface area contributed by atoms with Crippen LogP contribution in [0.25, 0.3) is 0 Å². The Balaban J connectivity index is 0. The number of aliphatic hydroxyl groups excluding tert-OH is 2. The van der Waals surface area contributed by atoms with Crippen LogP contribution in [0.4, 0.5) is 0 Å². The fourth-order valence-electron chi connectivity index (χ4n) is 0.0985. The first-order chi connectivity index (χ1) is 5.82. The minimum absolute atomic E-state index is 0.819. The number of aliphatic hydroxyl groups is 2. The molecule has 0 aromatic carbocycles. The predicted molar refractivity (Wildman–Crippen MR) is 41.3 cm³/mol. The number of nitrogens with two attached hydrogens (primary N) is 1. The van der Waals surface area contributed by atoms with Crippen molar-refractivity contribution in [1.82, 2.24) is 0 Å². The van der Waals surface area contributed by atoms with E-state index in [-0.39, 0.29) is 0 Å². The Morgan fingerprint density at radius 1 is 1.23 bits per heavy atom. The molecular weight excluding hydrogens is 182 g/mol. The summed E-state index contributed by atoms with van der Waals surface area (Å²) < 4.78 is 0. The summed E-state index contributed by atoms with van der Waals surface area (Å²) in [6, 6.07) is 0. The average Bonchev–Trinajstić information content (AvgIpc) is 2.03. The van der Waals surface area contributed by atoms with Gasteiger partial charge >= 0.3 is 11.9 Å². The van der Waals surface area contributed by atoms with Gasteiger partial charge in [0.1, 0.15) is 6.10 Å². The second-order valence-corrected chi connectivity index (χ2v) is 2.13. The maximum absolute atomic E-state index is 9.91. The van der Waals surface area contributed by atoms with E-state index in [2.05, 4.69) is 10.7 Å². The molecule has 0 rings (SSSR count). The second kappa shape index (κ2) is 7.47. The number of rotatable bonds is 2. The number of carbonyl (C=O) groups excluding carboxylic acids is 1. The summed E-state index contributed by atoms with van der Waals surface area (Å²) >= 11 is 0. The summed E-state index contributed by atoms with van der Waals surface area (Å²) in [6.45, 7) is 2.47. The molecule has 0 saturated heterocycles. The van der Waals surface area contributed by atoms with E-state index in [9.17, 15) is 9.59 Å². The smallest absolute Gasteiger partial charge is 0.353 e. The lowest BCUT2D eigenvalue weighted by Gasteiger charge is -1.96. The van der Waals surface area contributed by atoms with E-state index in [1.54, 1.807) is 0 Å². The van der Waals surface area contributed by atoms with Crippen molar-refractivity contribution in [1.29, 1.82) is 0 Å². The van der Waals surface area contributed by atoms with Crippen LogP contribution in [-0.2, 0) is 14.4 Å². The lowest BCUT2D eigenvalue weighted by atomic mass is 10.4. The monoisotopic (exact) mass is 195 g/mol. The molecule has 0 aliphatic rings. The SMILES string of the molecule is CC(O)C(=O)O.CC(O)C(=O)ON. The van der Waals surface area contributed by atoms with E-state index in [1.165, 1.54) is 13.8 Å². The summed E-state index contributed by atoms with van der Waals surface area (Å²) in [7, 11) is 0. The molecule has 13 heavy (non-hydrogen) atoms. The Bertz CT molecular complexity index is 167. The van der Waals surface area contributed by atoms with Crippen molar-refractivity contribution in [3.63, 3.8) is 0 Å². The summed E-state index contributed by atoms with van der Waals surface area (Å²) in [4.78, 5) is 23.0. The van der Waals surface area contributed by atoms with Crippen LogP contribution in [0.1, 0.15) is 13.8 Å². The topological polar surface area (TPSA) is 130 Å². The van der Waals surface area contributed by atoms with Gasteiger partial charge in [-0.15, -0.1) is 0 Å². The Morgan fingerprint density at radius 3 is 1.54 bits per heavy atom. The van der Waals surface area contributed by atoms with Crippen molar-refractivity contribution in [3.8, 4) is 0 Å². The molecule has 0 bridgehead atoms. The Kier molecular flexibility index (Phi) is 8.24. The maximum Gasteiger partial charge on any atom is 0.353 e. The zero-order valence-electron chi connectivity index (χ0n) is 7.30. The van der Waals surface area contributed by atoms with Gasteiger partial charge in [0.2, 0.25) is 0 Å². The van der Waals surface area contributed by atoms with Gasteiger partial charge in [0.05, 0.1) is 0 Å². The number of carbonyl (C=O) groups is 2. The molecule has 2 atom stereocenters. The molecule has 0 aromatic heterocycles. The zero-order chi connectivity index (χ0) is 11.0. The van der Waals surface area contributed by atoms with Crippen LogP contribution in [0, 0.1) is 0 Å². The van der Waals surface area contributed by atoms with Gasteiger partial charge in [0, 0.05) is 0 Å². The van der Waals surface area contributed by atoms with Gasteiger partial charge in [-0.05, 0) is 13.8 Å². The van der Waals surface area contributed by atoms with E-state index >= 15 is 0 Å². The third kappa shape index (κ3) is 10.8. The minimum atomic E-state index is -1.23. The van der Waals surface area contributed by atoms with Crippen molar-refractivity contribution in [2.45, 2.75) is 26.1 Å². The summed E-state index contributed by atoms with van der Waals surface area (Å²) in [6.07, 6.45) is -2.35. The highest BCUT2D eigenvalue weighted by Gasteiger charge is 2.06. The maximum atomic E-state index is 9.91. The average molecular weight is 195 g/mol. The van der Waals surface area contributed by atoms with Gasteiger partial charge in [-0.1, -0.05) is 0 Å². The summed E-state index contributed by atoms with van der Waals surface area (Å²) in [5.41, 5.74) is 0. The lowest BCUT2D eigenvalue weighted by Crippen LogP contribution is -2.22. The fourth-order valence-corrected chi connectivity index (χ4v) is 0.0985. The normalized spacial score (nSPS) is 13.3. The predicted octanol–water partition coefficient (Wildman–Crippen LogP) is -1.76. The molecule has 0 spiro atoms. The van der Waals surface area contributed by atoms with Crippen LogP contribution < -0.4 is 5.90 Å². The molecule has 78 valence electrons. The standard InChI is InChI=1S/C3H7NO3.C3H6O3/c1-2(5)3(6)7-4;1-2(4)3(5)6/h2,5H,4H2,1H3;2,4H,1H3,(H,5,6). The minimum Gasteiger partial charge on any atom is -0.479 e. The van der Waals surface area contributed by atoms with E-state index in [0.29, 0.717) is 0 Å². The largest absolute Gasteiger partial charge is 0.479 e. The molecule has 0 saturated carbocycles. The lowest BCUT2D eigenvalue weighted by molar-refractivity contribution is -0.153. The molecular formula is C6H13NO6. The van der Waals surface area contributed by atoms with E-state index in [1.807, 2.05) is 0 Å². The van der Waals surface area contributed by atoms with E-state index in [0.717, 1.165) is 0 Å². The third-order valence-electron chi connectivity index (χ3n) is 0.815. The van der Waals surface area contributed by atoms with E-state index < -0.39 is 24.1 Å². The van der Waals surface area contributed by atoms with Gasteiger partial charge in [0.25, 0.3) is 0 Å². The Morgan fingerprint density at radius 2 is 1.54 bits per heavy atom. The molecule has 2 unspecified atom stereocenters. The van der Waals surface area contributed by atoms with E-state index in [4.69, 9.17) is 15.3 Å². The van der Waals surface area contributed by atoms with Gasteiger partial charge in [-0.25, -0.2) is 9.59 Å². The van der Waals surface area contributed by atoms with Crippen LogP contribution in [0.2, 0.25) is 0 Å². The molecule has 0 aromatic rings. The molecule has 0 aliphatic heterocycles. The van der Waals surface area contributed by atoms with Crippen LogP contribution in [0.15, 0.2) is 0 Å². The first-order valence-corrected chi connectivity index (χ1v) is 3.32. The number of hydrogen-bond donors (Lipinski definition) is 4. The third-order valence-corrected chi connectivity index (χ3v) is 0.815. The van der Waals surface area contributed by atoms with Crippen molar-refractivity contribution >= 4 is 11.9 Å². The Labute approximate surface area is 74.7 Å². The van der Waals surface area contributed by atoms with Crippen molar-refractivity contribution in [3.05, 3.63) is 0 Å². The van der Waals surface area contributed by atoms with Gasteiger partial charge < -0.3 is 20.2 Å². The number of carboxylic acids is 1. The van der Waals surface area contributed by atoms with Gasteiger partial charge in [0.15, 0.2) is 6.10 Å². The van der Waals surface area contributed by atoms with Crippen LogP contribution in [0.5, 0.6) is 0 Å². The molecule has 7 nitrogen and oxygen atoms in total. The fraction of sp³-hybridized carbons (Fsp3) is 0.667. The van der Waals surface area contributed by atoms with Crippen LogP contribution in [-0.4, -0.2) is 39.5 Å². The van der Waals surface area contributed by atoms with Crippen molar-refractivity contribution < 1.29 is 29.7 Å². The van der Waals surface area contributed by atoms with Crippen LogP contribution >= 0.6 is 0 Å². The van der Waals surface area contributed by atoms with Gasteiger partial charge in [-0.2, -0.15) is 5.90 Å². The molecule has 0 radical (unpaired) electrons. The summed E-state index contributed by atoms with van der Waals surface area (Å²) in [5.74, 6) is 2.36. The highest BCUT2D eigenvalue weighted by atomic mass is 16.7. The second-order valence-electron chi connectivity index (χ2n) is 2.13. The molecule has 0 aliphatic carbocycles. The first kappa shape index (κ1) is 14.3. The molecule has 5 N–H and O–H groups in total. The summed E-state index contributed by atoms with van der Waals surface area (Å²) in [5, 5.41) is 24.0. The van der Waals surface area contributed by atoms with Crippen molar-refractivity contribution in [2.24, 2.45) is 5.90 Å². The highest BCUT2D eigenvalue weighted by Crippen LogP contribution is 1.78. The Hall–Kier alpha value is -1.18. The molecule has 7 heteroatoms. The number of aliphatic carboxylic acids is 1. The molecule has 0 amide bonds. The number of hydrogen-bond acceptors (Lipinski definition) is 6. The van der Waals surface area contributed by atoms with Crippen LogP contribution in [0.3, 0.4) is 0 Å². The number of carboxylic acid groups (broad SMARTS) is 1. The van der Waals surface area contributed by atoms with Gasteiger partial charge in [-0.3, -0.25) is 0 Å². The highest BCUT2D eigenvalue weighted by molar-refractivity contribution is 5.73. The first-order valence-electron chi connectivity index (χ1n) is 3.32. The quantitative estimate of drug-likeness (QED) is 0.384. The molecule has 0 heterocycles. The molecule has 0 fully saturated rings.